The van der Waals surface area contributed by atoms with Gasteiger partial charge in [-0.25, -0.2) is 4.68 Å². The molecule has 0 unspecified atom stereocenters. The number of methoxy groups -OCH3 is 2. The molecule has 36 heavy (non-hydrogen) atoms. The Morgan fingerprint density at radius 3 is 2.69 bits per heavy atom. The predicted molar refractivity (Wildman–Crippen MR) is 134 cm³/mol. The fraction of sp³-hybridized carbons (Fsp3) is 0.593. The average Bonchev–Trinajstić information content (AvgIpc) is 3.67. The van der Waals surface area contributed by atoms with Crippen molar-refractivity contribution in [3.8, 4) is 29.1 Å². The summed E-state index contributed by atoms with van der Waals surface area (Å²) >= 11 is 0. The van der Waals surface area contributed by atoms with Crippen LogP contribution in [0.3, 0.4) is 0 Å². The first-order valence-corrected chi connectivity index (χ1v) is 12.7. The molecule has 4 rings (SSSR count). The lowest BCUT2D eigenvalue weighted by atomic mass is 9.99. The molecule has 2 aliphatic heterocycles. The van der Waals surface area contributed by atoms with E-state index in [1.165, 1.54) is 0 Å². The molecule has 4 atom stereocenters. The van der Waals surface area contributed by atoms with Crippen molar-refractivity contribution in [2.24, 2.45) is 5.92 Å². The molecule has 0 bridgehead atoms. The number of hydrogen-bond acceptors (Lipinski definition) is 7. The van der Waals surface area contributed by atoms with Crippen LogP contribution in [0.5, 0.6) is 17.2 Å². The Labute approximate surface area is 213 Å². The van der Waals surface area contributed by atoms with Gasteiger partial charge in [0.25, 0.3) is 0 Å². The van der Waals surface area contributed by atoms with E-state index in [0.29, 0.717) is 22.9 Å². The molecule has 2 fully saturated rings. The second-order valence-corrected chi connectivity index (χ2v) is 9.45. The number of rotatable bonds is 9. The van der Waals surface area contributed by atoms with Gasteiger partial charge in [0.2, 0.25) is 11.7 Å². The van der Waals surface area contributed by atoms with Crippen LogP contribution in [0.15, 0.2) is 24.4 Å². The van der Waals surface area contributed by atoms with Gasteiger partial charge in [-0.15, -0.1) is 5.10 Å². The maximum atomic E-state index is 12.7. The molecule has 9 heteroatoms. The van der Waals surface area contributed by atoms with E-state index in [1.807, 2.05) is 34.8 Å². The lowest BCUT2D eigenvalue weighted by Crippen LogP contribution is -2.38. The van der Waals surface area contributed by atoms with Gasteiger partial charge in [-0.3, -0.25) is 4.79 Å². The summed E-state index contributed by atoms with van der Waals surface area (Å²) in [6.45, 7) is 6.05. The van der Waals surface area contributed by atoms with Crippen LogP contribution >= 0.6 is 0 Å². The van der Waals surface area contributed by atoms with Crippen LogP contribution in [0.2, 0.25) is 0 Å². The Bertz CT molecular complexity index is 1090. The lowest BCUT2D eigenvalue weighted by Gasteiger charge is -2.25. The maximum absolute atomic E-state index is 12.7. The molecule has 2 aromatic rings. The van der Waals surface area contributed by atoms with Gasteiger partial charge in [-0.2, -0.15) is 0 Å². The zero-order valence-electron chi connectivity index (χ0n) is 21.6. The Kier molecular flexibility index (Phi) is 8.70. The van der Waals surface area contributed by atoms with Crippen molar-refractivity contribution in [2.75, 3.05) is 33.9 Å². The number of carbonyl (C=O) groups excluding carboxylic acids is 1. The summed E-state index contributed by atoms with van der Waals surface area (Å²) < 4.78 is 24.5. The minimum atomic E-state index is -0.0872. The molecular weight excluding hydrogens is 460 g/mol. The van der Waals surface area contributed by atoms with Gasteiger partial charge < -0.3 is 23.8 Å². The Morgan fingerprint density at radius 2 is 1.94 bits per heavy atom. The van der Waals surface area contributed by atoms with Crippen LogP contribution in [0, 0.1) is 17.8 Å². The van der Waals surface area contributed by atoms with Gasteiger partial charge >= 0.3 is 0 Å². The number of ether oxygens (including phenoxy) is 4. The van der Waals surface area contributed by atoms with Crippen molar-refractivity contribution in [3.05, 3.63) is 30.1 Å². The van der Waals surface area contributed by atoms with Crippen molar-refractivity contribution < 1.29 is 23.7 Å². The average molecular weight is 497 g/mol. The standard InChI is InChI=1S/C27H36N4O5/c1-19(17-22-12-13-23(36-22)20(2)27(32)30-14-5-6-15-30)31-18-21(28-29-31)9-8-16-35-25-11-7-10-24(33-3)26(25)34-4/h7,10-11,18-20,22-23H,5-6,12-17H2,1-4H3/t19-,20-,22+,23-/m1/s1. The Hall–Kier alpha value is -3.25. The van der Waals surface area contributed by atoms with E-state index in [1.54, 1.807) is 20.3 Å². The smallest absolute Gasteiger partial charge is 0.228 e. The van der Waals surface area contributed by atoms with Crippen LogP contribution in [-0.2, 0) is 9.53 Å². The first kappa shape index (κ1) is 25.8. The third-order valence-electron chi connectivity index (χ3n) is 6.95. The quantitative estimate of drug-likeness (QED) is 0.491. The van der Waals surface area contributed by atoms with Crippen molar-refractivity contribution >= 4 is 5.91 Å². The zero-order chi connectivity index (χ0) is 25.5. The zero-order valence-corrected chi connectivity index (χ0v) is 21.6. The number of likely N-dealkylation sites (tertiary alicyclic amines) is 1. The molecule has 0 radical (unpaired) electrons. The highest BCUT2D eigenvalue weighted by atomic mass is 16.5. The summed E-state index contributed by atoms with van der Waals surface area (Å²) in [5, 5.41) is 8.43. The summed E-state index contributed by atoms with van der Waals surface area (Å²) in [7, 11) is 3.15. The second kappa shape index (κ2) is 12.1. The molecule has 2 saturated heterocycles. The van der Waals surface area contributed by atoms with Crippen LogP contribution in [0.4, 0.5) is 0 Å². The fourth-order valence-electron chi connectivity index (χ4n) is 4.91. The van der Waals surface area contributed by atoms with Crippen molar-refractivity contribution in [3.63, 3.8) is 0 Å². The summed E-state index contributed by atoms with van der Waals surface area (Å²) in [5.41, 5.74) is 0.582. The Morgan fingerprint density at radius 1 is 1.17 bits per heavy atom. The van der Waals surface area contributed by atoms with Crippen molar-refractivity contribution in [1.82, 2.24) is 19.9 Å². The number of para-hydroxylation sites is 1. The topological polar surface area (TPSA) is 87.9 Å². The molecule has 0 N–H and O–H groups in total. The number of hydrogen-bond donors (Lipinski definition) is 0. The Balaban J connectivity index is 1.25. The molecule has 9 nitrogen and oxygen atoms in total. The molecule has 1 aromatic heterocycles. The fourth-order valence-corrected chi connectivity index (χ4v) is 4.91. The molecule has 0 aliphatic carbocycles. The third kappa shape index (κ3) is 6.11. The van der Waals surface area contributed by atoms with Gasteiger partial charge in [-0.1, -0.05) is 24.1 Å². The van der Waals surface area contributed by atoms with Gasteiger partial charge in [0.15, 0.2) is 17.2 Å². The first-order valence-electron chi connectivity index (χ1n) is 12.7. The molecule has 194 valence electrons. The summed E-state index contributed by atoms with van der Waals surface area (Å²) in [6, 6.07) is 5.56. The number of amides is 1. The van der Waals surface area contributed by atoms with Gasteiger partial charge in [0.05, 0.1) is 44.6 Å². The molecular formula is C27H36N4O5. The molecule has 2 aliphatic rings. The van der Waals surface area contributed by atoms with E-state index in [9.17, 15) is 4.79 Å². The minimum Gasteiger partial charge on any atom is -0.493 e. The van der Waals surface area contributed by atoms with Crippen LogP contribution in [0.25, 0.3) is 0 Å². The monoisotopic (exact) mass is 496 g/mol. The lowest BCUT2D eigenvalue weighted by molar-refractivity contribution is -0.138. The maximum Gasteiger partial charge on any atom is 0.228 e. The van der Waals surface area contributed by atoms with E-state index in [4.69, 9.17) is 18.9 Å². The normalized spacial score (nSPS) is 20.9. The van der Waals surface area contributed by atoms with Gasteiger partial charge in [0.1, 0.15) is 6.61 Å². The SMILES string of the molecule is COc1cccc(OCC#Cc2cn([C@H](C)C[C@@H]3CC[C@H]([C@@H](C)C(=O)N4CCCC4)O3)nn2)c1OC. The van der Waals surface area contributed by atoms with Gasteiger partial charge in [0, 0.05) is 13.1 Å². The minimum absolute atomic E-state index is 0.00400. The van der Waals surface area contributed by atoms with Crippen molar-refractivity contribution in [2.45, 2.75) is 64.2 Å². The van der Waals surface area contributed by atoms with Gasteiger partial charge in [-0.05, 0) is 57.1 Å². The number of aromatic nitrogens is 3. The third-order valence-corrected chi connectivity index (χ3v) is 6.95. The first-order chi connectivity index (χ1) is 17.5. The van der Waals surface area contributed by atoms with Crippen molar-refractivity contribution in [1.29, 1.82) is 0 Å². The molecule has 1 aromatic carbocycles. The number of nitrogens with zero attached hydrogens (tertiary/aromatic N) is 4. The van der Waals surface area contributed by atoms with E-state index < -0.39 is 0 Å². The van der Waals surface area contributed by atoms with E-state index in [-0.39, 0.29) is 36.7 Å². The van der Waals surface area contributed by atoms with E-state index in [0.717, 1.165) is 45.2 Å². The second-order valence-electron chi connectivity index (χ2n) is 9.45. The number of carbonyl (C=O) groups is 1. The molecule has 1 amide bonds. The largest absolute Gasteiger partial charge is 0.493 e. The predicted octanol–water partition coefficient (Wildman–Crippen LogP) is 3.48. The van der Waals surface area contributed by atoms with Crippen LogP contribution in [0.1, 0.15) is 57.7 Å². The highest BCUT2D eigenvalue weighted by molar-refractivity contribution is 5.79. The van der Waals surface area contributed by atoms with Crippen LogP contribution in [-0.4, -0.2) is 71.9 Å². The number of benzene rings is 1. The summed E-state index contributed by atoms with van der Waals surface area (Å²) in [5.74, 6) is 7.82. The summed E-state index contributed by atoms with van der Waals surface area (Å²) in [6.07, 6.45) is 6.87. The molecule has 0 spiro atoms. The van der Waals surface area contributed by atoms with E-state index >= 15 is 0 Å². The highest BCUT2D eigenvalue weighted by Crippen LogP contribution is 2.36. The molecule has 3 heterocycles. The highest BCUT2D eigenvalue weighted by Gasteiger charge is 2.36. The summed E-state index contributed by atoms with van der Waals surface area (Å²) in [4.78, 5) is 14.7. The molecule has 0 saturated carbocycles. The van der Waals surface area contributed by atoms with Crippen LogP contribution < -0.4 is 14.2 Å². The van der Waals surface area contributed by atoms with E-state index in [2.05, 4.69) is 29.1 Å².